The highest BCUT2D eigenvalue weighted by atomic mass is 16.5. The predicted octanol–water partition coefficient (Wildman–Crippen LogP) is 4.35. The second kappa shape index (κ2) is 8.26. The zero-order valence-electron chi connectivity index (χ0n) is 19.5. The molecule has 0 unspecified atom stereocenters. The fraction of sp³-hybridized carbons (Fsp3) is 0.185. The van der Waals surface area contributed by atoms with Crippen LogP contribution in [0.25, 0.3) is 22.0 Å². The highest BCUT2D eigenvalue weighted by Crippen LogP contribution is 2.31. The highest BCUT2D eigenvalue weighted by molar-refractivity contribution is 6.48. The predicted molar refractivity (Wildman–Crippen MR) is 134 cm³/mol. The molecule has 7 nitrogen and oxygen atoms in total. The minimum atomic E-state index is -0.303. The van der Waals surface area contributed by atoms with Crippen LogP contribution in [0.1, 0.15) is 17.7 Å². The maximum absolute atomic E-state index is 13.2. The summed E-state index contributed by atoms with van der Waals surface area (Å²) >= 11 is 0. The maximum atomic E-state index is 13.2. The summed E-state index contributed by atoms with van der Waals surface area (Å²) in [6.07, 6.45) is 7.89. The minimum Gasteiger partial charge on any atom is -0.501 e. The number of amides is 1. The van der Waals surface area contributed by atoms with Crippen molar-refractivity contribution < 1.29 is 9.53 Å². The van der Waals surface area contributed by atoms with E-state index in [1.54, 1.807) is 31.0 Å². The molecule has 0 atom stereocenters. The van der Waals surface area contributed by atoms with Crippen molar-refractivity contribution in [2.45, 2.75) is 20.3 Å². The van der Waals surface area contributed by atoms with E-state index in [9.17, 15) is 9.59 Å². The second-order valence-corrected chi connectivity index (χ2v) is 8.52. The molecule has 0 radical (unpaired) electrons. The molecule has 2 aromatic heterocycles. The lowest BCUT2D eigenvalue weighted by atomic mass is 9.99. The first-order valence-corrected chi connectivity index (χ1v) is 11.0. The summed E-state index contributed by atoms with van der Waals surface area (Å²) in [6.45, 7) is 3.85. The standard InChI is InChI=1S/C27H24N4O3/c1-15-5-6-19(29-26(32)24-12-17-10-20(34-4)7-8-23(17)30-24)13-21(15)22-11-18-14-28-16(2)9-25(18)31(3)27(22)33/h5-9,11-14H,10H2,1-4H3,(H,29,32). The number of aliphatic imine (C=N–C) groups is 1. The average Bonchev–Trinajstić information content (AvgIpc) is 3.26. The van der Waals surface area contributed by atoms with Crippen LogP contribution in [0.15, 0.2) is 81.6 Å². The van der Waals surface area contributed by atoms with Crippen molar-refractivity contribution in [3.8, 4) is 11.1 Å². The molecule has 0 spiro atoms. The van der Waals surface area contributed by atoms with Gasteiger partial charge in [-0.1, -0.05) is 6.07 Å². The normalized spacial score (nSPS) is 14.7. The summed E-state index contributed by atoms with van der Waals surface area (Å²) in [7, 11) is 3.39. The number of nitrogens with zero attached hydrogens (tertiary/aromatic N) is 3. The van der Waals surface area contributed by atoms with Gasteiger partial charge in [-0.25, -0.2) is 4.99 Å². The third-order valence-electron chi connectivity index (χ3n) is 6.20. The number of rotatable bonds is 4. The van der Waals surface area contributed by atoms with Crippen LogP contribution >= 0.6 is 0 Å². The van der Waals surface area contributed by atoms with Crippen LogP contribution in [0.3, 0.4) is 0 Å². The summed E-state index contributed by atoms with van der Waals surface area (Å²) in [6, 6.07) is 9.32. The van der Waals surface area contributed by atoms with Gasteiger partial charge in [-0.05, 0) is 73.0 Å². The van der Waals surface area contributed by atoms with Gasteiger partial charge in [0.25, 0.3) is 11.5 Å². The number of hydrogen-bond donors (Lipinski definition) is 1. The van der Waals surface area contributed by atoms with E-state index in [1.807, 2.05) is 56.3 Å². The topological polar surface area (TPSA) is 85.6 Å². The molecule has 34 heavy (non-hydrogen) atoms. The summed E-state index contributed by atoms with van der Waals surface area (Å²) in [5.74, 6) is 0.528. The number of pyridine rings is 2. The van der Waals surface area contributed by atoms with Crippen LogP contribution in [-0.2, 0) is 16.6 Å². The molecular formula is C27H24N4O3. The molecular weight excluding hydrogens is 428 g/mol. The molecule has 0 fully saturated rings. The number of carbonyl (C=O) groups is 1. The van der Waals surface area contributed by atoms with Crippen molar-refractivity contribution >= 4 is 28.2 Å². The number of ether oxygens (including phenoxy) is 1. The Morgan fingerprint density at radius 1 is 1.12 bits per heavy atom. The largest absolute Gasteiger partial charge is 0.501 e. The van der Waals surface area contributed by atoms with Crippen LogP contribution in [0.5, 0.6) is 0 Å². The molecule has 2 aliphatic rings. The molecule has 170 valence electrons. The van der Waals surface area contributed by atoms with E-state index in [0.717, 1.165) is 44.8 Å². The molecule has 1 N–H and O–H groups in total. The first-order chi connectivity index (χ1) is 16.3. The van der Waals surface area contributed by atoms with Gasteiger partial charge in [0.1, 0.15) is 11.5 Å². The van der Waals surface area contributed by atoms with Gasteiger partial charge in [-0.3, -0.25) is 14.6 Å². The Kier molecular flexibility index (Phi) is 5.24. The molecule has 1 aliphatic carbocycles. The van der Waals surface area contributed by atoms with Gasteiger partial charge < -0.3 is 14.6 Å². The van der Waals surface area contributed by atoms with Crippen LogP contribution in [0.2, 0.25) is 0 Å². The smallest absolute Gasteiger partial charge is 0.274 e. The Morgan fingerprint density at radius 3 is 2.74 bits per heavy atom. The Bertz CT molecular complexity index is 1550. The highest BCUT2D eigenvalue weighted by Gasteiger charge is 2.23. The molecule has 0 saturated heterocycles. The number of aromatic nitrogens is 2. The van der Waals surface area contributed by atoms with E-state index in [0.29, 0.717) is 23.4 Å². The zero-order valence-corrected chi connectivity index (χ0v) is 19.5. The molecule has 5 rings (SSSR count). The molecule has 1 aliphatic heterocycles. The van der Waals surface area contributed by atoms with Crippen molar-refractivity contribution in [1.82, 2.24) is 9.55 Å². The molecule has 0 bridgehead atoms. The van der Waals surface area contributed by atoms with Crippen LogP contribution in [0.4, 0.5) is 5.69 Å². The van der Waals surface area contributed by atoms with Crippen molar-refractivity contribution in [2.75, 3.05) is 12.4 Å². The zero-order chi connectivity index (χ0) is 24.0. The SMILES string of the molecule is COC1=CC=C2N=C(C(=O)Nc3ccc(C)c(-c4cc5cnc(C)cc5n(C)c4=O)c3)C=C2C1. The second-order valence-electron chi connectivity index (χ2n) is 8.52. The number of aryl methyl sites for hydroxylation is 3. The van der Waals surface area contributed by atoms with E-state index in [1.165, 1.54) is 0 Å². The quantitative estimate of drug-likeness (QED) is 0.638. The van der Waals surface area contributed by atoms with Gasteiger partial charge in [0.05, 0.1) is 18.3 Å². The van der Waals surface area contributed by atoms with Crippen molar-refractivity contribution in [1.29, 1.82) is 0 Å². The molecule has 3 aromatic rings. The van der Waals surface area contributed by atoms with E-state index < -0.39 is 0 Å². The van der Waals surface area contributed by atoms with Gasteiger partial charge in [0, 0.05) is 42.0 Å². The van der Waals surface area contributed by atoms with Crippen LogP contribution < -0.4 is 10.9 Å². The Labute approximate surface area is 196 Å². The fourth-order valence-electron chi connectivity index (χ4n) is 4.28. The maximum Gasteiger partial charge on any atom is 0.274 e. The van der Waals surface area contributed by atoms with Crippen LogP contribution in [-0.4, -0.2) is 28.3 Å². The third-order valence-corrected chi connectivity index (χ3v) is 6.20. The van der Waals surface area contributed by atoms with Crippen LogP contribution in [0, 0.1) is 13.8 Å². The van der Waals surface area contributed by atoms with Gasteiger partial charge in [0.15, 0.2) is 0 Å². The summed E-state index contributed by atoms with van der Waals surface area (Å²) in [5.41, 5.74) is 6.51. The first kappa shape index (κ1) is 21.6. The van der Waals surface area contributed by atoms with Gasteiger partial charge in [0.2, 0.25) is 0 Å². The number of anilines is 1. The van der Waals surface area contributed by atoms with E-state index in [2.05, 4.69) is 15.3 Å². The number of benzene rings is 1. The van der Waals surface area contributed by atoms with Crippen molar-refractivity contribution in [3.05, 3.63) is 93.4 Å². The Hall–Kier alpha value is -4.26. The summed E-state index contributed by atoms with van der Waals surface area (Å²) in [5, 5.41) is 3.80. The lowest BCUT2D eigenvalue weighted by molar-refractivity contribution is -0.110. The van der Waals surface area contributed by atoms with E-state index in [-0.39, 0.29) is 11.5 Å². The number of methoxy groups -OCH3 is 1. The fourth-order valence-corrected chi connectivity index (χ4v) is 4.28. The summed E-state index contributed by atoms with van der Waals surface area (Å²) < 4.78 is 6.94. The first-order valence-electron chi connectivity index (χ1n) is 11.0. The number of hydrogen-bond acceptors (Lipinski definition) is 5. The Morgan fingerprint density at radius 2 is 1.94 bits per heavy atom. The monoisotopic (exact) mass is 452 g/mol. The number of carbonyl (C=O) groups excluding carboxylic acids is 1. The lowest BCUT2D eigenvalue weighted by Crippen LogP contribution is -2.21. The van der Waals surface area contributed by atoms with E-state index >= 15 is 0 Å². The Balaban J connectivity index is 1.46. The summed E-state index contributed by atoms with van der Waals surface area (Å²) in [4.78, 5) is 34.9. The lowest BCUT2D eigenvalue weighted by Gasteiger charge is -2.13. The molecule has 0 saturated carbocycles. The number of fused-ring (bicyclic) bond motifs is 2. The van der Waals surface area contributed by atoms with Gasteiger partial charge in [-0.15, -0.1) is 0 Å². The van der Waals surface area contributed by atoms with Crippen molar-refractivity contribution in [3.63, 3.8) is 0 Å². The van der Waals surface area contributed by atoms with Gasteiger partial charge >= 0.3 is 0 Å². The number of allylic oxidation sites excluding steroid dienone is 4. The molecule has 1 aromatic carbocycles. The average molecular weight is 453 g/mol. The van der Waals surface area contributed by atoms with Gasteiger partial charge in [-0.2, -0.15) is 0 Å². The third kappa shape index (κ3) is 3.75. The molecule has 1 amide bonds. The molecule has 3 heterocycles. The number of nitrogens with one attached hydrogen (secondary N) is 1. The minimum absolute atomic E-state index is 0.105. The van der Waals surface area contributed by atoms with Crippen molar-refractivity contribution in [2.24, 2.45) is 12.0 Å². The molecule has 7 heteroatoms. The van der Waals surface area contributed by atoms with E-state index in [4.69, 9.17) is 4.74 Å².